The van der Waals surface area contributed by atoms with Gasteiger partial charge in [-0.3, -0.25) is 0 Å². The van der Waals surface area contributed by atoms with E-state index in [0.29, 0.717) is 0 Å². The largest absolute Gasteiger partial charge is 0.0654 e. The molecule has 0 bridgehead atoms. The lowest BCUT2D eigenvalue weighted by Crippen LogP contribution is -1.78. The first-order valence-corrected chi connectivity index (χ1v) is 4.87. The van der Waals surface area contributed by atoms with Gasteiger partial charge in [0.2, 0.25) is 0 Å². The predicted octanol–water partition coefficient (Wildman–Crippen LogP) is 3.91. The summed E-state index contributed by atoms with van der Waals surface area (Å²) in [5.41, 5.74) is 1.59. The topological polar surface area (TPSA) is 0 Å². The fourth-order valence-electron chi connectivity index (χ4n) is 0.712. The van der Waals surface area contributed by atoms with Crippen molar-refractivity contribution in [2.75, 3.05) is 0 Å². The predicted molar refractivity (Wildman–Crippen MR) is 51.9 cm³/mol. The molecule has 1 heteroatoms. The molecule has 0 spiro atoms. The molecule has 0 aliphatic carbocycles. The molecule has 0 atom stereocenters. The molecular weight excluding hydrogens is 223 g/mol. The van der Waals surface area contributed by atoms with Gasteiger partial charge in [-0.15, -0.1) is 0 Å². The van der Waals surface area contributed by atoms with Crippen molar-refractivity contribution < 1.29 is 0 Å². The fourth-order valence-corrected chi connectivity index (χ4v) is 1.46. The van der Waals surface area contributed by atoms with Gasteiger partial charge in [-0.1, -0.05) is 48.4 Å². The van der Waals surface area contributed by atoms with Crippen LogP contribution < -0.4 is 0 Å². The highest BCUT2D eigenvalue weighted by Crippen LogP contribution is 2.12. The maximum absolute atomic E-state index is 2.33. The molecule has 0 aromatic heterocycles. The van der Waals surface area contributed by atoms with Crippen LogP contribution in [0.25, 0.3) is 0 Å². The Morgan fingerprint density at radius 2 is 2.11 bits per heavy atom. The van der Waals surface area contributed by atoms with Crippen LogP contribution >= 0.6 is 22.6 Å². The van der Waals surface area contributed by atoms with Gasteiger partial charge in [0.1, 0.15) is 0 Å². The average molecular weight is 238 g/mol. The van der Waals surface area contributed by atoms with Gasteiger partial charge in [0.05, 0.1) is 0 Å². The summed E-state index contributed by atoms with van der Waals surface area (Å²) in [5, 5.41) is 0. The van der Waals surface area contributed by atoms with Gasteiger partial charge in [-0.2, -0.15) is 0 Å². The van der Waals surface area contributed by atoms with Gasteiger partial charge in [0, 0.05) is 0 Å². The maximum atomic E-state index is 2.33. The Bertz CT molecular complexity index is 84.6. The number of halogens is 1. The minimum atomic E-state index is 1.23. The standard InChI is InChI=1S/C8H15I/c1-3-5-6-8(4-2)7-9/h7H,3-6H2,1-2H3. The minimum Gasteiger partial charge on any atom is -0.0654 e. The second-order valence-electron chi connectivity index (χ2n) is 2.22. The third-order valence-corrected chi connectivity index (χ3v) is 2.34. The van der Waals surface area contributed by atoms with Crippen LogP contribution in [0.3, 0.4) is 0 Å². The maximum Gasteiger partial charge on any atom is -0.0242 e. The smallest absolute Gasteiger partial charge is 0.0242 e. The van der Waals surface area contributed by atoms with Gasteiger partial charge < -0.3 is 0 Å². The molecular formula is C8H15I. The third-order valence-electron chi connectivity index (χ3n) is 1.46. The van der Waals surface area contributed by atoms with E-state index in [9.17, 15) is 0 Å². The molecule has 0 fully saturated rings. The first-order chi connectivity index (χ1) is 4.35. The Morgan fingerprint density at radius 3 is 2.44 bits per heavy atom. The van der Waals surface area contributed by atoms with Crippen molar-refractivity contribution >= 4 is 22.6 Å². The van der Waals surface area contributed by atoms with Gasteiger partial charge >= 0.3 is 0 Å². The average Bonchev–Trinajstić information content (AvgIpc) is 1.91. The molecule has 0 radical (unpaired) electrons. The summed E-state index contributed by atoms with van der Waals surface area (Å²) in [4.78, 5) is 0. The minimum absolute atomic E-state index is 1.23. The van der Waals surface area contributed by atoms with E-state index in [4.69, 9.17) is 0 Å². The lowest BCUT2D eigenvalue weighted by molar-refractivity contribution is 0.768. The van der Waals surface area contributed by atoms with Crippen molar-refractivity contribution in [3.05, 3.63) is 9.66 Å². The fraction of sp³-hybridized carbons (Fsp3) is 0.750. The monoisotopic (exact) mass is 238 g/mol. The SMILES string of the molecule is CCCCC(=CI)CC. The molecule has 0 aromatic carbocycles. The molecule has 0 saturated carbocycles. The van der Waals surface area contributed by atoms with Crippen molar-refractivity contribution in [3.63, 3.8) is 0 Å². The molecule has 54 valence electrons. The van der Waals surface area contributed by atoms with Crippen LogP contribution in [0.5, 0.6) is 0 Å². The van der Waals surface area contributed by atoms with Crippen LogP contribution in [-0.2, 0) is 0 Å². The zero-order valence-electron chi connectivity index (χ0n) is 6.28. The van der Waals surface area contributed by atoms with E-state index in [1.807, 2.05) is 0 Å². The Kier molecular flexibility index (Phi) is 6.93. The van der Waals surface area contributed by atoms with E-state index in [0.717, 1.165) is 0 Å². The van der Waals surface area contributed by atoms with Crippen molar-refractivity contribution in [2.24, 2.45) is 0 Å². The molecule has 0 N–H and O–H groups in total. The van der Waals surface area contributed by atoms with Crippen LogP contribution in [0.2, 0.25) is 0 Å². The molecule has 0 aromatic rings. The van der Waals surface area contributed by atoms with Crippen LogP contribution in [0, 0.1) is 0 Å². The zero-order chi connectivity index (χ0) is 7.11. The lowest BCUT2D eigenvalue weighted by Gasteiger charge is -1.99. The Morgan fingerprint density at radius 1 is 1.44 bits per heavy atom. The first kappa shape index (κ1) is 9.47. The Hall–Kier alpha value is 0.470. The molecule has 0 nitrogen and oxygen atoms in total. The van der Waals surface area contributed by atoms with E-state index in [1.165, 1.54) is 25.7 Å². The molecule has 0 heterocycles. The molecule has 9 heavy (non-hydrogen) atoms. The van der Waals surface area contributed by atoms with E-state index in [2.05, 4.69) is 40.5 Å². The lowest BCUT2D eigenvalue weighted by atomic mass is 10.1. The molecule has 0 saturated heterocycles. The third kappa shape index (κ3) is 4.94. The zero-order valence-corrected chi connectivity index (χ0v) is 8.44. The van der Waals surface area contributed by atoms with Crippen LogP contribution in [-0.4, -0.2) is 0 Å². The summed E-state index contributed by atoms with van der Waals surface area (Å²) in [5.74, 6) is 0. The van der Waals surface area contributed by atoms with Crippen LogP contribution in [0.15, 0.2) is 9.66 Å². The molecule has 0 aliphatic heterocycles. The highest BCUT2D eigenvalue weighted by Gasteiger charge is 1.90. The van der Waals surface area contributed by atoms with E-state index >= 15 is 0 Å². The summed E-state index contributed by atoms with van der Waals surface area (Å²) < 4.78 is 2.22. The van der Waals surface area contributed by atoms with Crippen LogP contribution in [0.1, 0.15) is 39.5 Å². The molecule has 0 amide bonds. The Balaban J connectivity index is 3.33. The van der Waals surface area contributed by atoms with Gasteiger partial charge in [-0.25, -0.2) is 0 Å². The number of unbranched alkanes of at least 4 members (excludes halogenated alkanes) is 1. The number of allylic oxidation sites excluding steroid dienone is 1. The van der Waals surface area contributed by atoms with Gasteiger partial charge in [-0.05, 0) is 23.3 Å². The quantitative estimate of drug-likeness (QED) is 0.651. The number of hydrogen-bond acceptors (Lipinski definition) is 0. The molecule has 0 aliphatic rings. The van der Waals surface area contributed by atoms with Crippen molar-refractivity contribution in [2.45, 2.75) is 39.5 Å². The number of hydrogen-bond donors (Lipinski definition) is 0. The second-order valence-corrected chi connectivity index (χ2v) is 2.85. The normalized spacial score (nSPS) is 12.1. The van der Waals surface area contributed by atoms with E-state index in [1.54, 1.807) is 5.57 Å². The highest BCUT2D eigenvalue weighted by molar-refractivity contribution is 14.1. The van der Waals surface area contributed by atoms with Crippen molar-refractivity contribution in [3.8, 4) is 0 Å². The highest BCUT2D eigenvalue weighted by atomic mass is 127. The summed E-state index contributed by atoms with van der Waals surface area (Å²) in [6.07, 6.45) is 5.19. The summed E-state index contributed by atoms with van der Waals surface area (Å²) >= 11 is 2.33. The van der Waals surface area contributed by atoms with Gasteiger partial charge in [0.15, 0.2) is 0 Å². The van der Waals surface area contributed by atoms with E-state index in [-0.39, 0.29) is 0 Å². The summed E-state index contributed by atoms with van der Waals surface area (Å²) in [7, 11) is 0. The van der Waals surface area contributed by atoms with E-state index < -0.39 is 0 Å². The van der Waals surface area contributed by atoms with Gasteiger partial charge in [0.25, 0.3) is 0 Å². The van der Waals surface area contributed by atoms with Crippen molar-refractivity contribution in [1.29, 1.82) is 0 Å². The van der Waals surface area contributed by atoms with Crippen LogP contribution in [0.4, 0.5) is 0 Å². The summed E-state index contributed by atoms with van der Waals surface area (Å²) in [6, 6.07) is 0. The Labute approximate surface area is 71.9 Å². The van der Waals surface area contributed by atoms with Crippen molar-refractivity contribution in [1.82, 2.24) is 0 Å². The second kappa shape index (κ2) is 6.59. The number of rotatable bonds is 4. The molecule has 0 rings (SSSR count). The molecule has 0 unspecified atom stereocenters. The summed E-state index contributed by atoms with van der Waals surface area (Å²) in [6.45, 7) is 4.46. The first-order valence-electron chi connectivity index (χ1n) is 3.63.